The molecule has 0 aromatic heterocycles. The van der Waals surface area contributed by atoms with Crippen molar-refractivity contribution in [1.29, 1.82) is 0 Å². The van der Waals surface area contributed by atoms with Crippen molar-refractivity contribution in [2.45, 2.75) is 6.92 Å². The molecule has 48 valence electrons. The average molecular weight is 122 g/mol. The Labute approximate surface area is 55.4 Å². The molecule has 0 saturated heterocycles. The first kappa shape index (κ1) is 7.89. The first-order valence-corrected chi connectivity index (χ1v) is 2.66. The lowest BCUT2D eigenvalue weighted by atomic mass is 10.1. The first-order chi connectivity index (χ1) is 4.22. The molecule has 0 saturated carbocycles. The zero-order valence-corrected chi connectivity index (χ0v) is 5.55. The van der Waals surface area contributed by atoms with Gasteiger partial charge in [0, 0.05) is 5.57 Å². The van der Waals surface area contributed by atoms with E-state index in [2.05, 4.69) is 13.2 Å². The maximum atomic E-state index is 10.0. The van der Waals surface area contributed by atoms with E-state index >= 15 is 0 Å². The van der Waals surface area contributed by atoms with Gasteiger partial charge in [-0.15, -0.1) is 0 Å². The summed E-state index contributed by atoms with van der Waals surface area (Å²) >= 11 is 0. The molecule has 1 nitrogen and oxygen atoms in total. The Morgan fingerprint density at radius 1 is 1.56 bits per heavy atom. The van der Waals surface area contributed by atoms with Crippen LogP contribution in [0.15, 0.2) is 36.5 Å². The summed E-state index contributed by atoms with van der Waals surface area (Å²) in [5, 5.41) is 0. The van der Waals surface area contributed by atoms with E-state index in [4.69, 9.17) is 0 Å². The van der Waals surface area contributed by atoms with Crippen LogP contribution in [-0.2, 0) is 4.79 Å². The fourth-order valence-electron chi connectivity index (χ4n) is 0.377. The van der Waals surface area contributed by atoms with Crippen LogP contribution in [0.5, 0.6) is 0 Å². The lowest BCUT2D eigenvalue weighted by Gasteiger charge is -1.91. The zero-order chi connectivity index (χ0) is 7.28. The van der Waals surface area contributed by atoms with Crippen LogP contribution >= 0.6 is 0 Å². The van der Waals surface area contributed by atoms with E-state index in [0.29, 0.717) is 5.57 Å². The van der Waals surface area contributed by atoms with Crippen LogP contribution in [0.3, 0.4) is 0 Å². The molecule has 0 aromatic carbocycles. The van der Waals surface area contributed by atoms with Gasteiger partial charge in [-0.25, -0.2) is 0 Å². The molecule has 0 spiro atoms. The molecule has 0 heterocycles. The number of allylic oxidation sites excluding steroid dienone is 4. The summed E-state index contributed by atoms with van der Waals surface area (Å²) in [6, 6.07) is 0. The molecule has 0 rings (SSSR count). The number of hydrogen-bond acceptors (Lipinski definition) is 1. The fraction of sp³-hybridized carbons (Fsp3) is 0.125. The Bertz CT molecular complexity index is 163. The molecule has 0 N–H and O–H groups in total. The fourth-order valence-corrected chi connectivity index (χ4v) is 0.377. The lowest BCUT2D eigenvalue weighted by molar-refractivity contribution is -0.104. The summed E-state index contributed by atoms with van der Waals surface area (Å²) in [5.41, 5.74) is 1.37. The predicted octanol–water partition coefficient (Wildman–Crippen LogP) is 1.87. The highest BCUT2D eigenvalue weighted by molar-refractivity contribution is 5.78. The molecule has 0 bridgehead atoms. The maximum Gasteiger partial charge on any atom is 0.149 e. The standard InChI is InChI=1S/C8H10O/c1-4-5-7(2)8(3)6-9/h4-6H,1,3H2,2H3/b7-5-. The van der Waals surface area contributed by atoms with Crippen molar-refractivity contribution in [3.8, 4) is 0 Å². The van der Waals surface area contributed by atoms with Crippen LogP contribution in [0.1, 0.15) is 6.92 Å². The lowest BCUT2D eigenvalue weighted by Crippen LogP contribution is -1.81. The van der Waals surface area contributed by atoms with Gasteiger partial charge in [-0.1, -0.05) is 25.3 Å². The van der Waals surface area contributed by atoms with Gasteiger partial charge in [-0.2, -0.15) is 0 Å². The van der Waals surface area contributed by atoms with Gasteiger partial charge < -0.3 is 0 Å². The molecular weight excluding hydrogens is 112 g/mol. The van der Waals surface area contributed by atoms with Crippen LogP contribution < -0.4 is 0 Å². The first-order valence-electron chi connectivity index (χ1n) is 2.66. The van der Waals surface area contributed by atoms with Gasteiger partial charge in [-0.05, 0) is 12.5 Å². The van der Waals surface area contributed by atoms with Gasteiger partial charge in [0.15, 0.2) is 0 Å². The molecule has 0 fully saturated rings. The highest BCUT2D eigenvalue weighted by Crippen LogP contribution is 2.01. The topological polar surface area (TPSA) is 17.1 Å². The predicted molar refractivity (Wildman–Crippen MR) is 39.2 cm³/mol. The highest BCUT2D eigenvalue weighted by atomic mass is 16.1. The van der Waals surface area contributed by atoms with Crippen molar-refractivity contribution in [3.05, 3.63) is 36.5 Å². The van der Waals surface area contributed by atoms with Crippen molar-refractivity contribution in [2.75, 3.05) is 0 Å². The Morgan fingerprint density at radius 3 is 2.44 bits per heavy atom. The van der Waals surface area contributed by atoms with Crippen LogP contribution in [-0.4, -0.2) is 6.29 Å². The van der Waals surface area contributed by atoms with Crippen LogP contribution in [0.2, 0.25) is 0 Å². The molecule has 0 aliphatic heterocycles. The number of carbonyl (C=O) groups is 1. The van der Waals surface area contributed by atoms with Crippen molar-refractivity contribution in [2.24, 2.45) is 0 Å². The smallest absolute Gasteiger partial charge is 0.149 e. The number of hydrogen-bond donors (Lipinski definition) is 0. The monoisotopic (exact) mass is 122 g/mol. The second-order valence-corrected chi connectivity index (χ2v) is 1.73. The van der Waals surface area contributed by atoms with Gasteiger partial charge in [-0.3, -0.25) is 4.79 Å². The molecule has 0 aliphatic carbocycles. The molecule has 0 amide bonds. The Kier molecular flexibility index (Phi) is 3.37. The summed E-state index contributed by atoms with van der Waals surface area (Å²) < 4.78 is 0. The van der Waals surface area contributed by atoms with E-state index in [9.17, 15) is 4.79 Å². The largest absolute Gasteiger partial charge is 0.298 e. The van der Waals surface area contributed by atoms with Crippen LogP contribution in [0.4, 0.5) is 0 Å². The summed E-state index contributed by atoms with van der Waals surface area (Å²) in [6.07, 6.45) is 4.11. The number of rotatable bonds is 3. The summed E-state index contributed by atoms with van der Waals surface area (Å²) in [4.78, 5) is 10.0. The van der Waals surface area contributed by atoms with Crippen molar-refractivity contribution in [1.82, 2.24) is 0 Å². The second kappa shape index (κ2) is 3.84. The molecule has 0 aromatic rings. The molecule has 0 unspecified atom stereocenters. The maximum absolute atomic E-state index is 10.0. The van der Waals surface area contributed by atoms with Crippen LogP contribution in [0.25, 0.3) is 0 Å². The normalized spacial score (nSPS) is 10.6. The minimum absolute atomic E-state index is 0.509. The molecular formula is C8H10O. The van der Waals surface area contributed by atoms with E-state index in [0.717, 1.165) is 11.9 Å². The molecule has 1 heteroatoms. The minimum atomic E-state index is 0.509. The third-order valence-electron chi connectivity index (χ3n) is 1.02. The highest BCUT2D eigenvalue weighted by Gasteiger charge is 1.89. The molecule has 0 atom stereocenters. The van der Waals surface area contributed by atoms with Gasteiger partial charge in [0.05, 0.1) is 0 Å². The SMILES string of the molecule is C=C/C=C(/C)C(=C)C=O. The third-order valence-corrected chi connectivity index (χ3v) is 1.02. The van der Waals surface area contributed by atoms with E-state index < -0.39 is 0 Å². The summed E-state index contributed by atoms with van der Waals surface area (Å²) in [5.74, 6) is 0. The molecule has 0 aliphatic rings. The summed E-state index contributed by atoms with van der Waals surface area (Å²) in [7, 11) is 0. The van der Waals surface area contributed by atoms with E-state index in [1.807, 2.05) is 6.92 Å². The Balaban J connectivity index is 4.18. The zero-order valence-electron chi connectivity index (χ0n) is 5.55. The van der Waals surface area contributed by atoms with Gasteiger partial charge in [0.1, 0.15) is 6.29 Å². The van der Waals surface area contributed by atoms with E-state index in [-0.39, 0.29) is 0 Å². The van der Waals surface area contributed by atoms with Gasteiger partial charge in [0.2, 0.25) is 0 Å². The van der Waals surface area contributed by atoms with Crippen molar-refractivity contribution < 1.29 is 4.79 Å². The van der Waals surface area contributed by atoms with Gasteiger partial charge in [0.25, 0.3) is 0 Å². The number of carbonyl (C=O) groups excluding carboxylic acids is 1. The second-order valence-electron chi connectivity index (χ2n) is 1.73. The van der Waals surface area contributed by atoms with Crippen LogP contribution in [0, 0.1) is 0 Å². The Morgan fingerprint density at radius 2 is 2.11 bits per heavy atom. The van der Waals surface area contributed by atoms with Crippen molar-refractivity contribution in [3.63, 3.8) is 0 Å². The molecule has 9 heavy (non-hydrogen) atoms. The average Bonchev–Trinajstić information content (AvgIpc) is 1.87. The molecule has 0 radical (unpaired) electrons. The Hall–Kier alpha value is -1.11. The third kappa shape index (κ3) is 2.65. The van der Waals surface area contributed by atoms with E-state index in [1.54, 1.807) is 12.2 Å². The van der Waals surface area contributed by atoms with Gasteiger partial charge >= 0.3 is 0 Å². The quantitative estimate of drug-likeness (QED) is 0.317. The summed E-state index contributed by atoms with van der Waals surface area (Å²) in [6.45, 7) is 8.81. The van der Waals surface area contributed by atoms with E-state index in [1.165, 1.54) is 0 Å². The minimum Gasteiger partial charge on any atom is -0.298 e. The van der Waals surface area contributed by atoms with Crippen molar-refractivity contribution >= 4 is 6.29 Å². The number of aldehydes is 1.